The molecule has 1 aromatic heterocycles. The van der Waals surface area contributed by atoms with E-state index in [-0.39, 0.29) is 6.03 Å². The van der Waals surface area contributed by atoms with Crippen molar-refractivity contribution in [1.29, 1.82) is 0 Å². The molecule has 5 heteroatoms. The van der Waals surface area contributed by atoms with Gasteiger partial charge in [-0.3, -0.25) is 0 Å². The lowest BCUT2D eigenvalue weighted by Crippen LogP contribution is -2.47. The van der Waals surface area contributed by atoms with Crippen LogP contribution >= 0.6 is 0 Å². The molecule has 1 fully saturated rings. The highest BCUT2D eigenvalue weighted by molar-refractivity contribution is 5.74. The number of nitrogens with zero attached hydrogens (tertiary/aromatic N) is 3. The average Bonchev–Trinajstić information content (AvgIpc) is 3.04. The van der Waals surface area contributed by atoms with Crippen molar-refractivity contribution in [2.45, 2.75) is 32.2 Å². The van der Waals surface area contributed by atoms with E-state index in [4.69, 9.17) is 0 Å². The van der Waals surface area contributed by atoms with E-state index in [1.807, 2.05) is 22.7 Å². The monoisotopic (exact) mass is 326 g/mol. The minimum Gasteiger partial charge on any atom is -0.337 e. The van der Waals surface area contributed by atoms with E-state index in [9.17, 15) is 4.79 Å². The Labute approximate surface area is 143 Å². The Balaban J connectivity index is 1.59. The molecule has 5 nitrogen and oxygen atoms in total. The number of imidazole rings is 1. The molecule has 0 aliphatic carbocycles. The van der Waals surface area contributed by atoms with E-state index in [0.717, 1.165) is 31.8 Å². The maximum atomic E-state index is 12.5. The number of aromatic nitrogens is 2. The van der Waals surface area contributed by atoms with Crippen LogP contribution < -0.4 is 5.32 Å². The van der Waals surface area contributed by atoms with E-state index >= 15 is 0 Å². The van der Waals surface area contributed by atoms with Crippen LogP contribution in [0, 0.1) is 5.92 Å². The number of carbonyl (C=O) groups excluding carboxylic acids is 1. The summed E-state index contributed by atoms with van der Waals surface area (Å²) in [7, 11) is 1.94. The van der Waals surface area contributed by atoms with Gasteiger partial charge in [-0.2, -0.15) is 0 Å². The molecule has 3 rings (SSSR count). The third kappa shape index (κ3) is 3.61. The molecule has 0 saturated carbocycles. The second kappa shape index (κ2) is 7.51. The predicted octanol–water partition coefficient (Wildman–Crippen LogP) is 3.15. The van der Waals surface area contributed by atoms with Crippen molar-refractivity contribution in [1.82, 2.24) is 19.8 Å². The molecular weight excluding hydrogens is 300 g/mol. The normalized spacial score (nSPS) is 20.8. The molecular formula is C19H26N4O. The van der Waals surface area contributed by atoms with Crippen LogP contribution in [0.5, 0.6) is 0 Å². The highest BCUT2D eigenvalue weighted by Gasteiger charge is 2.31. The van der Waals surface area contributed by atoms with E-state index in [1.54, 1.807) is 6.20 Å². The molecule has 0 unspecified atom stereocenters. The first kappa shape index (κ1) is 16.6. The van der Waals surface area contributed by atoms with E-state index in [2.05, 4.69) is 47.6 Å². The Morgan fingerprint density at radius 2 is 2.12 bits per heavy atom. The van der Waals surface area contributed by atoms with Gasteiger partial charge in [-0.25, -0.2) is 9.78 Å². The zero-order valence-corrected chi connectivity index (χ0v) is 14.5. The summed E-state index contributed by atoms with van der Waals surface area (Å²) in [4.78, 5) is 18.7. The molecule has 24 heavy (non-hydrogen) atoms. The summed E-state index contributed by atoms with van der Waals surface area (Å²) >= 11 is 0. The van der Waals surface area contributed by atoms with Crippen LogP contribution in [-0.2, 0) is 13.6 Å². The van der Waals surface area contributed by atoms with E-state index in [0.29, 0.717) is 18.4 Å². The summed E-state index contributed by atoms with van der Waals surface area (Å²) in [5, 5.41) is 3.00. The third-order valence-electron chi connectivity index (χ3n) is 5.09. The fourth-order valence-corrected chi connectivity index (χ4v) is 3.60. The van der Waals surface area contributed by atoms with Crippen LogP contribution in [0.15, 0.2) is 42.7 Å². The van der Waals surface area contributed by atoms with Crippen LogP contribution in [0.4, 0.5) is 4.79 Å². The van der Waals surface area contributed by atoms with Crippen LogP contribution in [0.25, 0.3) is 0 Å². The maximum Gasteiger partial charge on any atom is 0.317 e. The minimum atomic E-state index is 0.0166. The van der Waals surface area contributed by atoms with Crippen molar-refractivity contribution in [3.63, 3.8) is 0 Å². The summed E-state index contributed by atoms with van der Waals surface area (Å²) in [6, 6.07) is 10.7. The van der Waals surface area contributed by atoms with Crippen molar-refractivity contribution >= 4 is 6.03 Å². The molecule has 1 saturated heterocycles. The highest BCUT2D eigenvalue weighted by atomic mass is 16.2. The Bertz CT molecular complexity index is 667. The number of hydrogen-bond acceptors (Lipinski definition) is 2. The van der Waals surface area contributed by atoms with Crippen molar-refractivity contribution < 1.29 is 4.79 Å². The molecule has 1 N–H and O–H groups in total. The van der Waals surface area contributed by atoms with E-state index in [1.165, 1.54) is 5.56 Å². The van der Waals surface area contributed by atoms with Crippen molar-refractivity contribution in [3.8, 4) is 0 Å². The van der Waals surface area contributed by atoms with Gasteiger partial charge in [0.15, 0.2) is 0 Å². The van der Waals surface area contributed by atoms with Gasteiger partial charge in [-0.15, -0.1) is 0 Å². The van der Waals surface area contributed by atoms with Crippen LogP contribution in [-0.4, -0.2) is 33.6 Å². The molecule has 1 aliphatic rings. The standard InChI is InChI=1S/C19H26N4O/c1-3-15-14-23(11-9-17(15)16-7-5-4-6-8-16)19(24)21-13-18-20-10-12-22(18)2/h4-8,10,12,15,17H,3,9,11,13-14H2,1-2H3,(H,21,24)/t15-,17-/m0/s1. The lowest BCUT2D eigenvalue weighted by molar-refractivity contribution is 0.151. The van der Waals surface area contributed by atoms with Crippen molar-refractivity contribution in [3.05, 3.63) is 54.1 Å². The SMILES string of the molecule is CC[C@H]1CN(C(=O)NCc2nccn2C)CC[C@@H]1c1ccccc1. The van der Waals surface area contributed by atoms with Gasteiger partial charge >= 0.3 is 6.03 Å². The quantitative estimate of drug-likeness (QED) is 0.938. The number of hydrogen-bond donors (Lipinski definition) is 1. The van der Waals surface area contributed by atoms with Gasteiger partial charge in [0.2, 0.25) is 0 Å². The summed E-state index contributed by atoms with van der Waals surface area (Å²) in [5.74, 6) is 1.93. The first-order valence-corrected chi connectivity index (χ1v) is 8.73. The summed E-state index contributed by atoms with van der Waals surface area (Å²) in [6.45, 7) is 4.32. The van der Waals surface area contributed by atoms with Crippen LogP contribution in [0.1, 0.15) is 37.1 Å². The molecule has 0 spiro atoms. The number of amides is 2. The number of nitrogens with one attached hydrogen (secondary N) is 1. The Kier molecular flexibility index (Phi) is 5.18. The predicted molar refractivity (Wildman–Crippen MR) is 94.6 cm³/mol. The maximum absolute atomic E-state index is 12.5. The lowest BCUT2D eigenvalue weighted by atomic mass is 9.79. The number of aryl methyl sites for hydroxylation is 1. The Hall–Kier alpha value is -2.30. The Morgan fingerprint density at radius 1 is 1.33 bits per heavy atom. The third-order valence-corrected chi connectivity index (χ3v) is 5.09. The first-order valence-electron chi connectivity index (χ1n) is 8.73. The Morgan fingerprint density at radius 3 is 2.79 bits per heavy atom. The van der Waals surface area contributed by atoms with Gasteiger partial charge in [-0.05, 0) is 23.8 Å². The topological polar surface area (TPSA) is 50.2 Å². The molecule has 2 atom stereocenters. The second-order valence-electron chi connectivity index (χ2n) is 6.53. The number of urea groups is 1. The van der Waals surface area contributed by atoms with Gasteiger partial charge < -0.3 is 14.8 Å². The van der Waals surface area contributed by atoms with Gasteiger partial charge in [0.25, 0.3) is 0 Å². The highest BCUT2D eigenvalue weighted by Crippen LogP contribution is 2.34. The summed E-state index contributed by atoms with van der Waals surface area (Å²) in [6.07, 6.45) is 5.75. The van der Waals surface area contributed by atoms with Gasteiger partial charge in [0, 0.05) is 32.5 Å². The lowest BCUT2D eigenvalue weighted by Gasteiger charge is -2.38. The molecule has 1 aromatic carbocycles. The second-order valence-corrected chi connectivity index (χ2v) is 6.53. The van der Waals surface area contributed by atoms with Gasteiger partial charge in [-0.1, -0.05) is 43.7 Å². The zero-order chi connectivity index (χ0) is 16.9. The van der Waals surface area contributed by atoms with Gasteiger partial charge in [0.05, 0.1) is 6.54 Å². The molecule has 2 heterocycles. The van der Waals surface area contributed by atoms with Crippen molar-refractivity contribution in [2.75, 3.05) is 13.1 Å². The van der Waals surface area contributed by atoms with E-state index < -0.39 is 0 Å². The molecule has 2 amide bonds. The van der Waals surface area contributed by atoms with Gasteiger partial charge in [0.1, 0.15) is 5.82 Å². The number of benzene rings is 1. The number of carbonyl (C=O) groups is 1. The zero-order valence-electron chi connectivity index (χ0n) is 14.5. The fraction of sp³-hybridized carbons (Fsp3) is 0.474. The number of likely N-dealkylation sites (tertiary alicyclic amines) is 1. The smallest absolute Gasteiger partial charge is 0.317 e. The summed E-state index contributed by atoms with van der Waals surface area (Å²) < 4.78 is 1.93. The summed E-state index contributed by atoms with van der Waals surface area (Å²) in [5.41, 5.74) is 1.40. The minimum absolute atomic E-state index is 0.0166. The molecule has 128 valence electrons. The molecule has 2 aromatic rings. The van der Waals surface area contributed by atoms with Crippen molar-refractivity contribution in [2.24, 2.45) is 13.0 Å². The molecule has 0 radical (unpaired) electrons. The molecule has 1 aliphatic heterocycles. The van der Waals surface area contributed by atoms with Crippen LogP contribution in [0.2, 0.25) is 0 Å². The first-order chi connectivity index (χ1) is 11.7. The molecule has 0 bridgehead atoms. The number of piperidine rings is 1. The largest absolute Gasteiger partial charge is 0.337 e. The van der Waals surface area contributed by atoms with Crippen LogP contribution in [0.3, 0.4) is 0 Å². The average molecular weight is 326 g/mol. The fourth-order valence-electron chi connectivity index (χ4n) is 3.60. The number of rotatable bonds is 4.